The van der Waals surface area contributed by atoms with Gasteiger partial charge < -0.3 is 14.8 Å². The Bertz CT molecular complexity index is 1380. The molecular weight excluding hydrogens is 491 g/mol. The second-order valence-corrected chi connectivity index (χ2v) is 9.99. The SMILES string of the molecule is CCOCCN(CCCNS(C)(=O)=O)C(=O)c1c(Cc2ccc(F)cc2)c2ncccc2n(O)c1=O. The molecule has 0 aliphatic rings. The molecule has 0 bridgehead atoms. The fourth-order valence-electron chi connectivity index (χ4n) is 3.78. The van der Waals surface area contributed by atoms with Crippen LogP contribution in [0.4, 0.5) is 4.39 Å². The number of aromatic nitrogens is 2. The van der Waals surface area contributed by atoms with Crippen LogP contribution in [0, 0.1) is 5.82 Å². The summed E-state index contributed by atoms with van der Waals surface area (Å²) in [7, 11) is -3.40. The van der Waals surface area contributed by atoms with Gasteiger partial charge in [-0.3, -0.25) is 14.6 Å². The average Bonchev–Trinajstić information content (AvgIpc) is 2.84. The molecule has 1 amide bonds. The van der Waals surface area contributed by atoms with Crippen molar-refractivity contribution in [2.24, 2.45) is 0 Å². The minimum atomic E-state index is -3.40. The normalized spacial score (nSPS) is 11.6. The van der Waals surface area contributed by atoms with Crippen molar-refractivity contribution >= 4 is 27.0 Å². The van der Waals surface area contributed by atoms with Crippen LogP contribution >= 0.6 is 0 Å². The lowest BCUT2D eigenvalue weighted by atomic mass is 9.98. The van der Waals surface area contributed by atoms with Crippen LogP contribution < -0.4 is 10.3 Å². The second kappa shape index (κ2) is 12.1. The number of carbonyl (C=O) groups excluding carboxylic acids is 1. The first-order chi connectivity index (χ1) is 17.1. The standard InChI is InChI=1S/C24H29FN4O6S/c1-3-35-15-14-28(13-5-12-27-36(2,33)34)23(30)21-19(16-17-7-9-18(25)10-8-17)22-20(6-4-11-26-22)29(32)24(21)31/h4,6-11,27,32H,3,5,12-16H2,1-2H3. The Kier molecular flexibility index (Phi) is 9.13. The minimum absolute atomic E-state index is 0.0971. The van der Waals surface area contributed by atoms with E-state index < -0.39 is 27.3 Å². The highest BCUT2D eigenvalue weighted by molar-refractivity contribution is 7.88. The van der Waals surface area contributed by atoms with Crippen molar-refractivity contribution in [3.63, 3.8) is 0 Å². The molecular formula is C24H29FN4O6S. The highest BCUT2D eigenvalue weighted by Crippen LogP contribution is 2.22. The quantitative estimate of drug-likeness (QED) is 0.275. The van der Waals surface area contributed by atoms with E-state index in [-0.39, 0.29) is 55.7 Å². The molecule has 0 aliphatic carbocycles. The third kappa shape index (κ3) is 6.86. The maximum Gasteiger partial charge on any atom is 0.296 e. The summed E-state index contributed by atoms with van der Waals surface area (Å²) >= 11 is 0. The van der Waals surface area contributed by atoms with E-state index >= 15 is 0 Å². The van der Waals surface area contributed by atoms with Gasteiger partial charge in [-0.15, -0.1) is 4.73 Å². The lowest BCUT2D eigenvalue weighted by molar-refractivity contribution is 0.0649. The van der Waals surface area contributed by atoms with Crippen molar-refractivity contribution in [1.29, 1.82) is 0 Å². The van der Waals surface area contributed by atoms with Crippen LogP contribution in [0.5, 0.6) is 0 Å². The lowest BCUT2D eigenvalue weighted by Crippen LogP contribution is -2.41. The summed E-state index contributed by atoms with van der Waals surface area (Å²) in [5.41, 5.74) is 0.165. The molecule has 12 heteroatoms. The first kappa shape index (κ1) is 27.2. The molecule has 36 heavy (non-hydrogen) atoms. The summed E-state index contributed by atoms with van der Waals surface area (Å²) in [6, 6.07) is 8.72. The molecule has 2 N–H and O–H groups in total. The van der Waals surface area contributed by atoms with Crippen molar-refractivity contribution in [3.8, 4) is 0 Å². The van der Waals surface area contributed by atoms with Crippen molar-refractivity contribution in [1.82, 2.24) is 19.3 Å². The molecule has 1 aromatic carbocycles. The number of hydrogen-bond acceptors (Lipinski definition) is 7. The van der Waals surface area contributed by atoms with Crippen molar-refractivity contribution in [3.05, 3.63) is 75.5 Å². The highest BCUT2D eigenvalue weighted by Gasteiger charge is 2.27. The van der Waals surface area contributed by atoms with E-state index in [1.807, 2.05) is 6.92 Å². The smallest absolute Gasteiger partial charge is 0.296 e. The zero-order valence-electron chi connectivity index (χ0n) is 20.1. The number of halogens is 1. The third-order valence-corrected chi connectivity index (χ3v) is 6.21. The van der Waals surface area contributed by atoms with Gasteiger partial charge in [0.2, 0.25) is 10.0 Å². The number of carbonyl (C=O) groups is 1. The molecule has 0 atom stereocenters. The van der Waals surface area contributed by atoms with Crippen LogP contribution in [0.15, 0.2) is 47.4 Å². The molecule has 2 aromatic heterocycles. The van der Waals surface area contributed by atoms with E-state index in [0.29, 0.717) is 22.5 Å². The van der Waals surface area contributed by atoms with Crippen LogP contribution in [0.2, 0.25) is 0 Å². The van der Waals surface area contributed by atoms with Gasteiger partial charge in [0.1, 0.15) is 16.9 Å². The van der Waals surface area contributed by atoms with E-state index in [0.717, 1.165) is 6.26 Å². The number of benzene rings is 1. The zero-order valence-corrected chi connectivity index (χ0v) is 20.9. The van der Waals surface area contributed by atoms with Gasteiger partial charge in [0.05, 0.1) is 18.4 Å². The lowest BCUT2D eigenvalue weighted by Gasteiger charge is -2.24. The average molecular weight is 521 g/mol. The number of ether oxygens (including phenoxy) is 1. The van der Waals surface area contributed by atoms with Gasteiger partial charge in [-0.25, -0.2) is 17.5 Å². The topological polar surface area (TPSA) is 131 Å². The molecule has 0 spiro atoms. The number of amides is 1. The predicted molar refractivity (Wildman–Crippen MR) is 132 cm³/mol. The third-order valence-electron chi connectivity index (χ3n) is 5.48. The molecule has 10 nitrogen and oxygen atoms in total. The first-order valence-corrected chi connectivity index (χ1v) is 13.3. The van der Waals surface area contributed by atoms with Crippen LogP contribution in [0.25, 0.3) is 11.0 Å². The largest absolute Gasteiger partial charge is 0.425 e. The number of hydrogen-bond donors (Lipinski definition) is 2. The monoisotopic (exact) mass is 520 g/mol. The van der Waals surface area contributed by atoms with E-state index in [1.165, 1.54) is 29.3 Å². The maximum absolute atomic E-state index is 13.7. The Morgan fingerprint density at radius 3 is 2.61 bits per heavy atom. The maximum atomic E-state index is 13.7. The molecule has 0 fully saturated rings. The summed E-state index contributed by atoms with van der Waals surface area (Å²) in [4.78, 5) is 32.7. The Hall–Kier alpha value is -3.35. The Balaban J connectivity index is 2.05. The van der Waals surface area contributed by atoms with Crippen molar-refractivity contribution < 1.29 is 27.5 Å². The summed E-state index contributed by atoms with van der Waals surface area (Å²) in [6.45, 7) is 2.82. The van der Waals surface area contributed by atoms with Gasteiger partial charge in [-0.1, -0.05) is 12.1 Å². The summed E-state index contributed by atoms with van der Waals surface area (Å²) < 4.78 is 44.4. The summed E-state index contributed by atoms with van der Waals surface area (Å²) in [5, 5.41) is 10.6. The summed E-state index contributed by atoms with van der Waals surface area (Å²) in [5.74, 6) is -1.07. The number of nitrogens with zero attached hydrogens (tertiary/aromatic N) is 3. The number of pyridine rings is 2. The van der Waals surface area contributed by atoms with Gasteiger partial charge in [0.25, 0.3) is 11.5 Å². The molecule has 0 saturated heterocycles. The molecule has 0 radical (unpaired) electrons. The Morgan fingerprint density at radius 2 is 1.94 bits per heavy atom. The van der Waals surface area contributed by atoms with Gasteiger partial charge in [-0.05, 0) is 43.2 Å². The number of sulfonamides is 1. The minimum Gasteiger partial charge on any atom is -0.425 e. The first-order valence-electron chi connectivity index (χ1n) is 11.4. The Labute approximate surface area is 208 Å². The molecule has 3 aromatic rings. The van der Waals surface area contributed by atoms with E-state index in [1.54, 1.807) is 18.2 Å². The van der Waals surface area contributed by atoms with E-state index in [4.69, 9.17) is 4.74 Å². The van der Waals surface area contributed by atoms with Crippen LogP contribution in [0.3, 0.4) is 0 Å². The van der Waals surface area contributed by atoms with Gasteiger partial charge in [-0.2, -0.15) is 0 Å². The van der Waals surface area contributed by atoms with Gasteiger partial charge in [0, 0.05) is 44.4 Å². The number of fused-ring (bicyclic) bond motifs is 1. The van der Waals surface area contributed by atoms with Crippen LogP contribution in [0.1, 0.15) is 34.8 Å². The second-order valence-electron chi connectivity index (χ2n) is 8.15. The van der Waals surface area contributed by atoms with Crippen LogP contribution in [-0.4, -0.2) is 73.3 Å². The fraction of sp³-hybridized carbons (Fsp3) is 0.375. The predicted octanol–water partition coefficient (Wildman–Crippen LogP) is 1.78. The molecule has 0 unspecified atom stereocenters. The summed E-state index contributed by atoms with van der Waals surface area (Å²) in [6.07, 6.45) is 2.91. The fourth-order valence-corrected chi connectivity index (χ4v) is 4.30. The molecule has 0 aliphatic heterocycles. The molecule has 3 rings (SSSR count). The zero-order chi connectivity index (χ0) is 26.3. The number of rotatable bonds is 12. The van der Waals surface area contributed by atoms with Crippen molar-refractivity contribution in [2.75, 3.05) is 39.1 Å². The van der Waals surface area contributed by atoms with Crippen LogP contribution in [-0.2, 0) is 21.2 Å². The van der Waals surface area contributed by atoms with E-state index in [9.17, 15) is 27.6 Å². The molecule has 194 valence electrons. The Morgan fingerprint density at radius 1 is 1.22 bits per heavy atom. The van der Waals surface area contributed by atoms with Gasteiger partial charge in [0.15, 0.2) is 0 Å². The molecule has 0 saturated carbocycles. The molecule has 2 heterocycles. The van der Waals surface area contributed by atoms with E-state index in [2.05, 4.69) is 9.71 Å². The van der Waals surface area contributed by atoms with Gasteiger partial charge >= 0.3 is 0 Å². The highest BCUT2D eigenvalue weighted by atomic mass is 32.2. The van der Waals surface area contributed by atoms with Crippen molar-refractivity contribution in [2.45, 2.75) is 19.8 Å². The number of nitrogens with one attached hydrogen (secondary N) is 1.